The van der Waals surface area contributed by atoms with Crippen molar-refractivity contribution >= 4 is 27.5 Å². The molecule has 2 aliphatic rings. The minimum atomic E-state index is -0.0634. The molecule has 2 aliphatic carbocycles. The van der Waals surface area contributed by atoms with Gasteiger partial charge in [-0.15, -0.1) is 11.3 Å². The summed E-state index contributed by atoms with van der Waals surface area (Å²) in [6.45, 7) is 2.77. The molecule has 1 atom stereocenters. The first-order valence-electron chi connectivity index (χ1n) is 10.9. The van der Waals surface area contributed by atoms with E-state index in [-0.39, 0.29) is 24.1 Å². The predicted molar refractivity (Wildman–Crippen MR) is 120 cm³/mol. The van der Waals surface area contributed by atoms with Crippen LogP contribution in [0.25, 0.3) is 10.2 Å². The van der Waals surface area contributed by atoms with E-state index < -0.39 is 0 Å². The smallest absolute Gasteiger partial charge is 0.262 e. The largest absolute Gasteiger partial charge is 0.334 e. The van der Waals surface area contributed by atoms with Crippen molar-refractivity contribution in [3.63, 3.8) is 0 Å². The van der Waals surface area contributed by atoms with E-state index in [2.05, 4.69) is 24.0 Å². The van der Waals surface area contributed by atoms with Crippen molar-refractivity contribution in [2.24, 2.45) is 5.92 Å². The van der Waals surface area contributed by atoms with Gasteiger partial charge in [0, 0.05) is 17.5 Å². The molecule has 1 amide bonds. The number of carbonyl (C=O) groups is 1. The summed E-state index contributed by atoms with van der Waals surface area (Å²) in [5, 5.41) is 0.745. The van der Waals surface area contributed by atoms with Gasteiger partial charge in [0.05, 0.1) is 11.7 Å². The number of aryl methyl sites for hydroxylation is 2. The SMILES string of the molecule is CC(C1CC1)N(Cc1ccccc1)C(=O)Cn1cnc2sc3c(c2c1=O)CCCC3. The van der Waals surface area contributed by atoms with Crippen molar-refractivity contribution in [1.29, 1.82) is 0 Å². The number of hydrogen-bond acceptors (Lipinski definition) is 4. The van der Waals surface area contributed by atoms with E-state index in [9.17, 15) is 9.59 Å². The van der Waals surface area contributed by atoms with Crippen LogP contribution in [0.3, 0.4) is 0 Å². The summed E-state index contributed by atoms with van der Waals surface area (Å²) in [6, 6.07) is 10.3. The third-order valence-electron chi connectivity index (χ3n) is 6.56. The Kier molecular flexibility index (Phi) is 5.19. The first-order chi connectivity index (χ1) is 14.6. The number of amides is 1. The Morgan fingerprint density at radius 1 is 1.23 bits per heavy atom. The molecule has 6 heteroatoms. The summed E-state index contributed by atoms with van der Waals surface area (Å²) in [6.07, 6.45) is 8.20. The molecule has 2 aromatic heterocycles. The van der Waals surface area contributed by atoms with Crippen molar-refractivity contribution in [3.05, 3.63) is 63.0 Å². The molecule has 3 aromatic rings. The quantitative estimate of drug-likeness (QED) is 0.600. The molecule has 1 aromatic carbocycles. The molecule has 1 fully saturated rings. The number of nitrogens with zero attached hydrogens (tertiary/aromatic N) is 3. The van der Waals surface area contributed by atoms with Crippen molar-refractivity contribution in [2.75, 3.05) is 0 Å². The molecule has 0 spiro atoms. The lowest BCUT2D eigenvalue weighted by Crippen LogP contribution is -2.42. The Balaban J connectivity index is 1.44. The lowest BCUT2D eigenvalue weighted by Gasteiger charge is -2.30. The second-order valence-electron chi connectivity index (χ2n) is 8.65. The van der Waals surface area contributed by atoms with Crippen LogP contribution in [0.15, 0.2) is 41.5 Å². The fraction of sp³-hybridized carbons (Fsp3) is 0.458. The van der Waals surface area contributed by atoms with Crippen LogP contribution < -0.4 is 5.56 Å². The molecule has 0 aliphatic heterocycles. The van der Waals surface area contributed by atoms with Gasteiger partial charge in [-0.2, -0.15) is 0 Å². The zero-order chi connectivity index (χ0) is 20.7. The highest BCUT2D eigenvalue weighted by atomic mass is 32.1. The van der Waals surface area contributed by atoms with Crippen LogP contribution in [-0.4, -0.2) is 26.4 Å². The topological polar surface area (TPSA) is 55.2 Å². The van der Waals surface area contributed by atoms with Crippen molar-refractivity contribution in [2.45, 2.75) is 64.6 Å². The first kappa shape index (κ1) is 19.5. The molecular formula is C24H27N3O2S. The van der Waals surface area contributed by atoms with E-state index in [1.54, 1.807) is 17.7 Å². The highest BCUT2D eigenvalue weighted by Crippen LogP contribution is 2.36. The molecule has 1 unspecified atom stereocenters. The first-order valence-corrected chi connectivity index (χ1v) is 11.8. The Morgan fingerprint density at radius 3 is 2.77 bits per heavy atom. The average molecular weight is 422 g/mol. The molecule has 0 bridgehead atoms. The summed E-state index contributed by atoms with van der Waals surface area (Å²) in [7, 11) is 0. The van der Waals surface area contributed by atoms with Crippen LogP contribution in [0, 0.1) is 5.92 Å². The minimum Gasteiger partial charge on any atom is -0.334 e. The maximum atomic E-state index is 13.3. The minimum absolute atomic E-state index is 0.00870. The Bertz CT molecular complexity index is 1130. The zero-order valence-electron chi connectivity index (χ0n) is 17.3. The van der Waals surface area contributed by atoms with Crippen LogP contribution in [0.2, 0.25) is 0 Å². The van der Waals surface area contributed by atoms with E-state index in [1.165, 1.54) is 34.3 Å². The van der Waals surface area contributed by atoms with Gasteiger partial charge in [0.15, 0.2) is 0 Å². The number of thiophene rings is 1. The van der Waals surface area contributed by atoms with Gasteiger partial charge in [0.2, 0.25) is 5.91 Å². The average Bonchev–Trinajstić information content (AvgIpc) is 3.54. The summed E-state index contributed by atoms with van der Waals surface area (Å²) in [4.78, 5) is 35.2. The highest BCUT2D eigenvalue weighted by molar-refractivity contribution is 7.18. The summed E-state index contributed by atoms with van der Waals surface area (Å²) < 4.78 is 1.52. The van der Waals surface area contributed by atoms with Crippen LogP contribution in [0.1, 0.15) is 48.6 Å². The molecule has 1 saturated carbocycles. The van der Waals surface area contributed by atoms with Gasteiger partial charge in [-0.05, 0) is 62.5 Å². The second kappa shape index (κ2) is 7.99. The van der Waals surface area contributed by atoms with Crippen molar-refractivity contribution < 1.29 is 4.79 Å². The van der Waals surface area contributed by atoms with Crippen LogP contribution >= 0.6 is 11.3 Å². The fourth-order valence-corrected chi connectivity index (χ4v) is 5.82. The second-order valence-corrected chi connectivity index (χ2v) is 9.74. The number of rotatable bonds is 6. The van der Waals surface area contributed by atoms with Gasteiger partial charge >= 0.3 is 0 Å². The van der Waals surface area contributed by atoms with Crippen LogP contribution in [0.5, 0.6) is 0 Å². The van der Waals surface area contributed by atoms with E-state index >= 15 is 0 Å². The van der Waals surface area contributed by atoms with E-state index in [4.69, 9.17) is 0 Å². The van der Waals surface area contributed by atoms with E-state index in [0.717, 1.165) is 35.0 Å². The van der Waals surface area contributed by atoms with Gasteiger partial charge in [-0.3, -0.25) is 14.2 Å². The molecule has 2 heterocycles. The van der Waals surface area contributed by atoms with Crippen LogP contribution in [-0.2, 0) is 30.7 Å². The molecule has 30 heavy (non-hydrogen) atoms. The third kappa shape index (κ3) is 3.69. The molecule has 156 valence electrons. The molecular weight excluding hydrogens is 394 g/mol. The maximum Gasteiger partial charge on any atom is 0.262 e. The number of carbonyl (C=O) groups excluding carboxylic acids is 1. The predicted octanol–water partition coefficient (Wildman–Crippen LogP) is 4.16. The van der Waals surface area contributed by atoms with E-state index in [0.29, 0.717) is 12.5 Å². The fourth-order valence-electron chi connectivity index (χ4n) is 4.60. The van der Waals surface area contributed by atoms with Gasteiger partial charge in [-0.1, -0.05) is 30.3 Å². The van der Waals surface area contributed by atoms with E-state index in [1.807, 2.05) is 23.1 Å². The Labute approximate surface area is 180 Å². The van der Waals surface area contributed by atoms with Crippen molar-refractivity contribution in [3.8, 4) is 0 Å². The molecule has 0 radical (unpaired) electrons. The number of aromatic nitrogens is 2. The van der Waals surface area contributed by atoms with Crippen molar-refractivity contribution in [1.82, 2.24) is 14.5 Å². The van der Waals surface area contributed by atoms with Gasteiger partial charge < -0.3 is 4.90 Å². The van der Waals surface area contributed by atoms with Crippen LogP contribution in [0.4, 0.5) is 0 Å². The maximum absolute atomic E-state index is 13.3. The normalized spacial score (nSPS) is 17.0. The lowest BCUT2D eigenvalue weighted by atomic mass is 9.97. The summed E-state index contributed by atoms with van der Waals surface area (Å²) in [5.41, 5.74) is 2.23. The Hall–Kier alpha value is -2.47. The zero-order valence-corrected chi connectivity index (χ0v) is 18.2. The molecule has 0 saturated heterocycles. The third-order valence-corrected chi connectivity index (χ3v) is 7.76. The standard InChI is InChI=1S/C24H27N3O2S/c1-16(18-11-12-18)27(13-17-7-3-2-4-8-17)21(28)14-26-15-25-23-22(24(26)29)19-9-5-6-10-20(19)30-23/h2-4,7-8,15-16,18H,5-6,9-14H2,1H3. The van der Waals surface area contributed by atoms with Gasteiger partial charge in [0.1, 0.15) is 11.4 Å². The monoisotopic (exact) mass is 421 g/mol. The lowest BCUT2D eigenvalue weighted by molar-refractivity contribution is -0.135. The highest BCUT2D eigenvalue weighted by Gasteiger charge is 2.34. The van der Waals surface area contributed by atoms with Gasteiger partial charge in [-0.25, -0.2) is 4.98 Å². The Morgan fingerprint density at radius 2 is 2.00 bits per heavy atom. The molecule has 0 N–H and O–H groups in total. The van der Waals surface area contributed by atoms with Gasteiger partial charge in [0.25, 0.3) is 5.56 Å². The molecule has 5 rings (SSSR count). The number of benzene rings is 1. The molecule has 5 nitrogen and oxygen atoms in total. The summed E-state index contributed by atoms with van der Waals surface area (Å²) >= 11 is 1.65. The number of fused-ring (bicyclic) bond motifs is 3. The number of hydrogen-bond donors (Lipinski definition) is 0. The summed E-state index contributed by atoms with van der Waals surface area (Å²) in [5.74, 6) is 0.560.